The lowest BCUT2D eigenvalue weighted by Gasteiger charge is -2.32. The van der Waals surface area contributed by atoms with Gasteiger partial charge in [-0.1, -0.05) is 43.7 Å². The lowest BCUT2D eigenvalue weighted by Crippen LogP contribution is -2.48. The van der Waals surface area contributed by atoms with Gasteiger partial charge in [-0.05, 0) is 45.2 Å². The van der Waals surface area contributed by atoms with Crippen LogP contribution < -0.4 is 22.3 Å². The molecule has 2 heterocycles. The molecule has 1 aliphatic heterocycles. The number of amides is 1. The van der Waals surface area contributed by atoms with Gasteiger partial charge in [0.05, 0.1) is 19.0 Å². The summed E-state index contributed by atoms with van der Waals surface area (Å²) < 4.78 is 2.34. The van der Waals surface area contributed by atoms with Crippen molar-refractivity contribution in [2.24, 2.45) is 5.92 Å². The fraction of sp³-hybridized carbons (Fsp3) is 0.538. The van der Waals surface area contributed by atoms with E-state index in [0.29, 0.717) is 13.1 Å². The summed E-state index contributed by atoms with van der Waals surface area (Å²) in [6, 6.07) is 9.40. The first-order valence-electron chi connectivity index (χ1n) is 12.5. The van der Waals surface area contributed by atoms with Crippen LogP contribution >= 0.6 is 0 Å². The third-order valence-corrected chi connectivity index (χ3v) is 6.60. The molecular weight excluding hydrogens is 446 g/mol. The van der Waals surface area contributed by atoms with Crippen LogP contribution in [-0.4, -0.2) is 51.4 Å². The Morgan fingerprint density at radius 3 is 2.51 bits per heavy atom. The van der Waals surface area contributed by atoms with Crippen molar-refractivity contribution in [3.8, 4) is 0 Å². The zero-order valence-electron chi connectivity index (χ0n) is 21.0. The van der Waals surface area contributed by atoms with Crippen LogP contribution in [0.3, 0.4) is 0 Å². The smallest absolute Gasteiger partial charge is 0.332 e. The first-order chi connectivity index (χ1) is 16.8. The highest BCUT2D eigenvalue weighted by Crippen LogP contribution is 2.18. The van der Waals surface area contributed by atoms with Crippen LogP contribution in [0.2, 0.25) is 0 Å². The van der Waals surface area contributed by atoms with E-state index in [9.17, 15) is 19.2 Å². The molecule has 1 aromatic heterocycles. The van der Waals surface area contributed by atoms with Gasteiger partial charge in [0, 0.05) is 19.1 Å². The minimum Gasteiger partial charge on any atom is -0.384 e. The number of nitrogens with zero attached hydrogens (tertiary/aromatic N) is 3. The summed E-state index contributed by atoms with van der Waals surface area (Å²) in [6.45, 7) is 7.14. The number of piperidine rings is 1. The number of nitrogens with one attached hydrogen (secondary N) is 1. The van der Waals surface area contributed by atoms with Crippen LogP contribution in [0.5, 0.6) is 0 Å². The zero-order chi connectivity index (χ0) is 25.5. The number of carbonyl (C=O) groups excluding carboxylic acids is 2. The average Bonchev–Trinajstić information content (AvgIpc) is 2.83. The molecule has 2 unspecified atom stereocenters. The highest BCUT2D eigenvalue weighted by Gasteiger charge is 2.29. The quantitative estimate of drug-likeness (QED) is 0.498. The second-order valence-electron chi connectivity index (χ2n) is 9.36. The van der Waals surface area contributed by atoms with Gasteiger partial charge in [-0.3, -0.25) is 28.4 Å². The van der Waals surface area contributed by atoms with Gasteiger partial charge in [-0.15, -0.1) is 0 Å². The molecule has 0 aliphatic carbocycles. The van der Waals surface area contributed by atoms with Crippen molar-refractivity contribution in [2.75, 3.05) is 25.4 Å². The van der Waals surface area contributed by atoms with Gasteiger partial charge < -0.3 is 11.1 Å². The number of ketones is 1. The Kier molecular flexibility index (Phi) is 9.03. The van der Waals surface area contributed by atoms with Crippen LogP contribution in [0.1, 0.15) is 62.4 Å². The van der Waals surface area contributed by atoms with E-state index in [2.05, 4.69) is 12.2 Å². The van der Waals surface area contributed by atoms with Gasteiger partial charge in [0.15, 0.2) is 5.78 Å². The Hall–Kier alpha value is -3.20. The second kappa shape index (κ2) is 12.0. The number of anilines is 1. The van der Waals surface area contributed by atoms with Crippen molar-refractivity contribution in [2.45, 2.75) is 65.6 Å². The molecule has 1 aromatic carbocycles. The number of rotatable bonds is 10. The Labute approximate surface area is 205 Å². The minimum absolute atomic E-state index is 0.00682. The molecule has 0 bridgehead atoms. The van der Waals surface area contributed by atoms with Gasteiger partial charge in [-0.25, -0.2) is 4.79 Å². The summed E-state index contributed by atoms with van der Waals surface area (Å²) in [5.41, 5.74) is 5.74. The Bertz CT molecular complexity index is 1150. The molecule has 1 fully saturated rings. The first-order valence-corrected chi connectivity index (χ1v) is 12.5. The second-order valence-corrected chi connectivity index (χ2v) is 9.36. The lowest BCUT2D eigenvalue weighted by atomic mass is 9.96. The van der Waals surface area contributed by atoms with Crippen LogP contribution in [0.25, 0.3) is 0 Å². The standard InChI is InChI=1S/C26H37N5O4/c1-4-10-18(3)28-24(33)20-13-9-14-29(16-20)17-21(32)22-23(27)31(15-19-11-7-6-8-12-19)26(35)30(5-2)25(22)34/h6-8,11-12,18,20H,4-5,9-10,13-17,27H2,1-3H3,(H,28,33). The van der Waals surface area contributed by atoms with E-state index in [-0.39, 0.29) is 48.9 Å². The summed E-state index contributed by atoms with van der Waals surface area (Å²) in [5, 5.41) is 3.06. The summed E-state index contributed by atoms with van der Waals surface area (Å²) in [6.07, 6.45) is 3.47. The maximum atomic E-state index is 13.3. The Morgan fingerprint density at radius 1 is 1.14 bits per heavy atom. The monoisotopic (exact) mass is 483 g/mol. The number of nitrogens with two attached hydrogens (primary N) is 1. The van der Waals surface area contributed by atoms with Gasteiger partial charge in [0.1, 0.15) is 11.4 Å². The molecule has 9 heteroatoms. The highest BCUT2D eigenvalue weighted by atomic mass is 16.2. The summed E-state index contributed by atoms with van der Waals surface area (Å²) in [7, 11) is 0. The third-order valence-electron chi connectivity index (χ3n) is 6.60. The van der Waals surface area contributed by atoms with E-state index in [0.717, 1.165) is 35.8 Å². The predicted molar refractivity (Wildman–Crippen MR) is 137 cm³/mol. The van der Waals surface area contributed by atoms with Crippen molar-refractivity contribution in [3.63, 3.8) is 0 Å². The maximum absolute atomic E-state index is 13.3. The number of benzene rings is 1. The largest absolute Gasteiger partial charge is 0.384 e. The number of likely N-dealkylation sites (tertiary alicyclic amines) is 1. The molecule has 0 saturated carbocycles. The van der Waals surface area contributed by atoms with Crippen molar-refractivity contribution >= 4 is 17.5 Å². The van der Waals surface area contributed by atoms with E-state index >= 15 is 0 Å². The lowest BCUT2D eigenvalue weighted by molar-refractivity contribution is -0.127. The first kappa shape index (κ1) is 26.4. The van der Waals surface area contributed by atoms with Gasteiger partial charge in [0.2, 0.25) is 5.91 Å². The van der Waals surface area contributed by atoms with Crippen LogP contribution in [0, 0.1) is 5.92 Å². The number of hydrogen-bond acceptors (Lipinski definition) is 6. The molecule has 2 atom stereocenters. The third kappa shape index (κ3) is 6.28. The van der Waals surface area contributed by atoms with E-state index in [4.69, 9.17) is 5.73 Å². The van der Waals surface area contributed by atoms with Crippen molar-refractivity contribution in [1.29, 1.82) is 0 Å². The molecule has 190 valence electrons. The summed E-state index contributed by atoms with van der Waals surface area (Å²) in [4.78, 5) is 53.9. The van der Waals surface area contributed by atoms with Crippen molar-refractivity contribution in [3.05, 3.63) is 62.3 Å². The molecule has 1 aliphatic rings. The summed E-state index contributed by atoms with van der Waals surface area (Å²) >= 11 is 0. The number of nitrogen functional groups attached to an aromatic ring is 1. The molecule has 9 nitrogen and oxygen atoms in total. The Balaban J connectivity index is 1.82. The van der Waals surface area contributed by atoms with E-state index in [1.807, 2.05) is 42.2 Å². The van der Waals surface area contributed by atoms with Gasteiger partial charge >= 0.3 is 5.69 Å². The Morgan fingerprint density at radius 2 is 1.86 bits per heavy atom. The maximum Gasteiger partial charge on any atom is 0.332 e. The highest BCUT2D eigenvalue weighted by molar-refractivity contribution is 6.01. The SMILES string of the molecule is CCCC(C)NC(=O)C1CCCN(CC(=O)c2c(N)n(Cc3ccccc3)c(=O)n(CC)c2=O)C1. The van der Waals surface area contributed by atoms with Gasteiger partial charge in [-0.2, -0.15) is 0 Å². The minimum atomic E-state index is -0.663. The molecule has 35 heavy (non-hydrogen) atoms. The molecular formula is C26H37N5O4. The fourth-order valence-corrected chi connectivity index (χ4v) is 4.74. The van der Waals surface area contributed by atoms with E-state index in [1.165, 1.54) is 4.57 Å². The van der Waals surface area contributed by atoms with Gasteiger partial charge in [0.25, 0.3) is 5.56 Å². The summed E-state index contributed by atoms with van der Waals surface area (Å²) in [5.74, 6) is -0.741. The number of carbonyl (C=O) groups is 2. The van der Waals surface area contributed by atoms with Crippen LogP contribution in [-0.2, 0) is 17.9 Å². The molecule has 2 aromatic rings. The van der Waals surface area contributed by atoms with Crippen molar-refractivity contribution < 1.29 is 9.59 Å². The van der Waals surface area contributed by atoms with Crippen molar-refractivity contribution in [1.82, 2.24) is 19.4 Å². The molecule has 1 amide bonds. The zero-order valence-corrected chi connectivity index (χ0v) is 21.0. The molecule has 3 N–H and O–H groups in total. The molecule has 3 rings (SSSR count). The van der Waals surface area contributed by atoms with E-state index in [1.54, 1.807) is 6.92 Å². The topological polar surface area (TPSA) is 119 Å². The molecule has 1 saturated heterocycles. The van der Waals surface area contributed by atoms with Crippen LogP contribution in [0.4, 0.5) is 5.82 Å². The molecule has 0 radical (unpaired) electrons. The molecule has 0 spiro atoms. The number of Topliss-reactive ketones (excluding diaryl/α,β-unsaturated/α-hetero) is 1. The van der Waals surface area contributed by atoms with E-state index < -0.39 is 17.0 Å². The normalized spacial score (nSPS) is 17.2. The average molecular weight is 484 g/mol. The number of aromatic nitrogens is 2. The predicted octanol–water partition coefficient (Wildman–Crippen LogP) is 1.86. The number of hydrogen-bond donors (Lipinski definition) is 2. The van der Waals surface area contributed by atoms with Crippen LogP contribution in [0.15, 0.2) is 39.9 Å². The fourth-order valence-electron chi connectivity index (χ4n) is 4.74.